The van der Waals surface area contributed by atoms with Crippen LogP contribution in [0.5, 0.6) is 0 Å². The van der Waals surface area contributed by atoms with Crippen LogP contribution >= 0.6 is 0 Å². The lowest BCUT2D eigenvalue weighted by Crippen LogP contribution is -2.34. The minimum atomic E-state index is 0.0654. The van der Waals surface area contributed by atoms with Crippen LogP contribution in [0.1, 0.15) is 36.8 Å². The van der Waals surface area contributed by atoms with Crippen LogP contribution in [-0.2, 0) is 19.5 Å². The molecule has 0 bridgehead atoms. The number of aromatic nitrogens is 4. The first-order chi connectivity index (χ1) is 9.65. The van der Waals surface area contributed by atoms with Gasteiger partial charge in [0, 0.05) is 24.3 Å². The van der Waals surface area contributed by atoms with E-state index in [1.54, 1.807) is 10.9 Å². The van der Waals surface area contributed by atoms with Crippen molar-refractivity contribution in [1.29, 1.82) is 0 Å². The molecular weight excluding hydrogens is 254 g/mol. The Morgan fingerprint density at radius 1 is 1.45 bits per heavy atom. The van der Waals surface area contributed by atoms with E-state index in [2.05, 4.69) is 29.2 Å². The zero-order valence-electron chi connectivity index (χ0n) is 11.8. The second kappa shape index (κ2) is 5.20. The lowest BCUT2D eigenvalue weighted by atomic mass is 10.1. The van der Waals surface area contributed by atoms with Crippen LogP contribution in [0.2, 0.25) is 0 Å². The molecule has 0 unspecified atom stereocenters. The Labute approximate surface area is 117 Å². The first-order valence-electron chi connectivity index (χ1n) is 6.97. The molecule has 0 radical (unpaired) electrons. The van der Waals surface area contributed by atoms with E-state index in [1.807, 2.05) is 16.9 Å². The molecule has 0 aliphatic carbocycles. The molecule has 0 saturated heterocycles. The minimum absolute atomic E-state index is 0.0654. The maximum Gasteiger partial charge on any atom is 0.257 e. The number of hydrogen-bond donors (Lipinski definition) is 1. The molecule has 0 saturated carbocycles. The molecule has 0 amide bonds. The fourth-order valence-electron chi connectivity index (χ4n) is 2.43. The Hall–Kier alpha value is -1.95. The molecule has 20 heavy (non-hydrogen) atoms. The van der Waals surface area contributed by atoms with Crippen molar-refractivity contribution in [3.05, 3.63) is 45.9 Å². The van der Waals surface area contributed by atoms with E-state index in [4.69, 9.17) is 0 Å². The van der Waals surface area contributed by atoms with Gasteiger partial charge in [0.05, 0.1) is 24.3 Å². The number of hydrogen-bond acceptors (Lipinski definition) is 4. The lowest BCUT2D eigenvalue weighted by molar-refractivity contribution is 0.521. The van der Waals surface area contributed by atoms with E-state index < -0.39 is 0 Å². The van der Waals surface area contributed by atoms with Gasteiger partial charge in [-0.25, -0.2) is 4.98 Å². The predicted octanol–water partition coefficient (Wildman–Crippen LogP) is 0.715. The van der Waals surface area contributed by atoms with Gasteiger partial charge in [0.2, 0.25) is 0 Å². The highest BCUT2D eigenvalue weighted by Crippen LogP contribution is 2.08. The zero-order valence-corrected chi connectivity index (χ0v) is 11.8. The number of rotatable bonds is 3. The molecule has 1 aliphatic heterocycles. The topological polar surface area (TPSA) is 64.7 Å². The van der Waals surface area contributed by atoms with E-state index in [0.717, 1.165) is 29.9 Å². The maximum absolute atomic E-state index is 12.4. The summed E-state index contributed by atoms with van der Waals surface area (Å²) in [7, 11) is 0. The molecule has 6 nitrogen and oxygen atoms in total. The van der Waals surface area contributed by atoms with Crippen LogP contribution in [0.25, 0.3) is 0 Å². The molecule has 6 heteroatoms. The van der Waals surface area contributed by atoms with Crippen molar-refractivity contribution < 1.29 is 0 Å². The molecule has 0 fully saturated rings. The van der Waals surface area contributed by atoms with Crippen LogP contribution in [0, 0.1) is 0 Å². The quantitative estimate of drug-likeness (QED) is 0.894. The normalized spacial score (nSPS) is 14.6. The highest BCUT2D eigenvalue weighted by atomic mass is 16.1. The predicted molar refractivity (Wildman–Crippen MR) is 75.6 cm³/mol. The van der Waals surface area contributed by atoms with Crippen LogP contribution in [0.4, 0.5) is 0 Å². The Morgan fingerprint density at radius 2 is 2.30 bits per heavy atom. The summed E-state index contributed by atoms with van der Waals surface area (Å²) >= 11 is 0. The summed E-state index contributed by atoms with van der Waals surface area (Å²) in [5.74, 6) is 0. The van der Waals surface area contributed by atoms with Crippen molar-refractivity contribution in [3.8, 4) is 0 Å². The summed E-state index contributed by atoms with van der Waals surface area (Å²) in [5.41, 5.74) is 2.67. The summed E-state index contributed by atoms with van der Waals surface area (Å²) in [4.78, 5) is 16.8. The lowest BCUT2D eigenvalue weighted by Gasteiger charge is -2.16. The number of nitrogens with one attached hydrogen (secondary N) is 1. The summed E-state index contributed by atoms with van der Waals surface area (Å²) in [6, 6.07) is 2.28. The van der Waals surface area contributed by atoms with Crippen LogP contribution in [0.3, 0.4) is 0 Å². The average molecular weight is 273 g/mol. The van der Waals surface area contributed by atoms with Gasteiger partial charge in [-0.3, -0.25) is 14.0 Å². The Bertz CT molecular complexity index is 670. The van der Waals surface area contributed by atoms with Crippen molar-refractivity contribution in [2.45, 2.75) is 39.4 Å². The van der Waals surface area contributed by atoms with Crippen LogP contribution in [-0.4, -0.2) is 25.9 Å². The molecule has 2 aromatic heterocycles. The third kappa shape index (κ3) is 2.38. The molecule has 1 aliphatic rings. The Kier molecular flexibility index (Phi) is 3.40. The van der Waals surface area contributed by atoms with Crippen molar-refractivity contribution in [2.75, 3.05) is 6.54 Å². The zero-order chi connectivity index (χ0) is 14.1. The molecule has 0 aromatic carbocycles. The van der Waals surface area contributed by atoms with Gasteiger partial charge in [-0.05, 0) is 32.9 Å². The molecule has 106 valence electrons. The van der Waals surface area contributed by atoms with Crippen molar-refractivity contribution in [1.82, 2.24) is 24.6 Å². The largest absolute Gasteiger partial charge is 0.311 e. The standard InChI is InChI=1S/C14H19N5O/c1-10(2)19-6-4-11(17-19)8-18-9-16-13-7-15-5-3-12(13)14(18)20/h4,6,9-10,15H,3,5,7-8H2,1-2H3. The third-order valence-electron chi connectivity index (χ3n) is 3.59. The molecule has 2 aromatic rings. The first kappa shape index (κ1) is 13.1. The summed E-state index contributed by atoms with van der Waals surface area (Å²) in [5, 5.41) is 7.70. The van der Waals surface area contributed by atoms with E-state index >= 15 is 0 Å². The van der Waals surface area contributed by atoms with Gasteiger partial charge in [0.1, 0.15) is 0 Å². The average Bonchev–Trinajstić information content (AvgIpc) is 2.91. The second-order valence-corrected chi connectivity index (χ2v) is 5.41. The molecule has 1 N–H and O–H groups in total. The van der Waals surface area contributed by atoms with Gasteiger partial charge >= 0.3 is 0 Å². The van der Waals surface area contributed by atoms with Crippen molar-refractivity contribution in [2.24, 2.45) is 0 Å². The smallest absolute Gasteiger partial charge is 0.257 e. The van der Waals surface area contributed by atoms with Gasteiger partial charge in [0.15, 0.2) is 0 Å². The summed E-state index contributed by atoms with van der Waals surface area (Å²) in [6.07, 6.45) is 4.33. The minimum Gasteiger partial charge on any atom is -0.311 e. The van der Waals surface area contributed by atoms with E-state index in [1.165, 1.54) is 0 Å². The SMILES string of the molecule is CC(C)n1ccc(Cn2cnc3c(c2=O)CCNC3)n1. The van der Waals surface area contributed by atoms with E-state index in [0.29, 0.717) is 19.1 Å². The van der Waals surface area contributed by atoms with Gasteiger partial charge in [-0.1, -0.05) is 0 Å². The number of fused-ring (bicyclic) bond motifs is 1. The maximum atomic E-state index is 12.4. The van der Waals surface area contributed by atoms with Gasteiger partial charge < -0.3 is 5.32 Å². The third-order valence-corrected chi connectivity index (χ3v) is 3.59. The van der Waals surface area contributed by atoms with E-state index in [-0.39, 0.29) is 5.56 Å². The highest BCUT2D eigenvalue weighted by Gasteiger charge is 2.15. The second-order valence-electron chi connectivity index (χ2n) is 5.41. The number of nitrogens with zero attached hydrogens (tertiary/aromatic N) is 4. The fourth-order valence-corrected chi connectivity index (χ4v) is 2.43. The van der Waals surface area contributed by atoms with Gasteiger partial charge in [-0.2, -0.15) is 5.10 Å². The summed E-state index contributed by atoms with van der Waals surface area (Å²) < 4.78 is 3.55. The molecule has 0 spiro atoms. The van der Waals surface area contributed by atoms with E-state index in [9.17, 15) is 4.79 Å². The Balaban J connectivity index is 1.89. The molecule has 3 rings (SSSR count). The van der Waals surface area contributed by atoms with Gasteiger partial charge in [-0.15, -0.1) is 0 Å². The first-order valence-corrected chi connectivity index (χ1v) is 6.97. The molecular formula is C14H19N5O. The Morgan fingerprint density at radius 3 is 3.05 bits per heavy atom. The van der Waals surface area contributed by atoms with Crippen molar-refractivity contribution >= 4 is 0 Å². The van der Waals surface area contributed by atoms with Crippen molar-refractivity contribution in [3.63, 3.8) is 0 Å². The van der Waals surface area contributed by atoms with Crippen LogP contribution in [0.15, 0.2) is 23.4 Å². The summed E-state index contributed by atoms with van der Waals surface area (Å²) in [6.45, 7) is 6.17. The fraction of sp³-hybridized carbons (Fsp3) is 0.500. The molecule has 0 atom stereocenters. The molecule has 3 heterocycles. The highest BCUT2D eigenvalue weighted by molar-refractivity contribution is 5.20. The monoisotopic (exact) mass is 273 g/mol. The van der Waals surface area contributed by atoms with Crippen LogP contribution < -0.4 is 10.9 Å². The van der Waals surface area contributed by atoms with Gasteiger partial charge in [0.25, 0.3) is 5.56 Å².